The van der Waals surface area contributed by atoms with Crippen molar-refractivity contribution in [3.05, 3.63) is 0 Å². The smallest absolute Gasteiger partial charge is 0.242 e. The first-order valence-electron chi connectivity index (χ1n) is 8.63. The number of nitrogens with one attached hydrogen (secondary N) is 2. The fourth-order valence-corrected chi connectivity index (χ4v) is 4.63. The predicted octanol–water partition coefficient (Wildman–Crippen LogP) is -0.983. The van der Waals surface area contributed by atoms with E-state index < -0.39 is 24.1 Å². The number of aliphatic hydroxyl groups is 1. The number of thioether (sulfide) groups is 1. The van der Waals surface area contributed by atoms with E-state index in [1.54, 1.807) is 11.8 Å². The maximum atomic E-state index is 12.4. The van der Waals surface area contributed by atoms with Gasteiger partial charge in [0.05, 0.1) is 17.0 Å². The Morgan fingerprint density at radius 2 is 1.88 bits per heavy atom. The second-order valence-electron chi connectivity index (χ2n) is 7.11. The number of nitrogens with two attached hydrogens (primary N) is 1. The molecule has 0 unspecified atom stereocenters. The van der Waals surface area contributed by atoms with Gasteiger partial charge in [0.1, 0.15) is 6.04 Å². The molecule has 2 saturated heterocycles. The SMILES string of the molecule is CC(C)C(=O)N1CCC2(CC1)N[C@H](C(=O)N[C@H](C(N)=O)[C@@H](C)O)CS2. The third-order valence-corrected chi connectivity index (χ3v) is 6.32. The number of nitrogens with zero attached hydrogens (tertiary/aromatic N) is 1. The van der Waals surface area contributed by atoms with Gasteiger partial charge < -0.3 is 21.1 Å². The lowest BCUT2D eigenvalue weighted by atomic mass is 10.0. The first-order valence-corrected chi connectivity index (χ1v) is 9.62. The minimum absolute atomic E-state index is 0.0111. The van der Waals surface area contributed by atoms with Gasteiger partial charge >= 0.3 is 0 Å². The van der Waals surface area contributed by atoms with Crippen LogP contribution in [0.5, 0.6) is 0 Å². The molecule has 142 valence electrons. The Bertz CT molecular complexity index is 532. The normalized spacial score (nSPS) is 25.0. The van der Waals surface area contributed by atoms with E-state index in [-0.39, 0.29) is 22.6 Å². The zero-order valence-corrected chi connectivity index (χ0v) is 15.8. The van der Waals surface area contributed by atoms with Crippen molar-refractivity contribution in [1.82, 2.24) is 15.5 Å². The molecular weight excluding hydrogens is 344 g/mol. The van der Waals surface area contributed by atoms with Crippen molar-refractivity contribution in [2.45, 2.75) is 56.7 Å². The zero-order chi connectivity index (χ0) is 18.8. The summed E-state index contributed by atoms with van der Waals surface area (Å²) < 4.78 is 0. The average Bonchev–Trinajstić information content (AvgIpc) is 2.95. The van der Waals surface area contributed by atoms with Crippen LogP contribution in [-0.2, 0) is 14.4 Å². The van der Waals surface area contributed by atoms with Crippen LogP contribution in [0.25, 0.3) is 0 Å². The largest absolute Gasteiger partial charge is 0.391 e. The van der Waals surface area contributed by atoms with Gasteiger partial charge in [0, 0.05) is 24.8 Å². The zero-order valence-electron chi connectivity index (χ0n) is 14.9. The Morgan fingerprint density at radius 1 is 1.28 bits per heavy atom. The summed E-state index contributed by atoms with van der Waals surface area (Å²) in [5, 5.41) is 15.4. The third kappa shape index (κ3) is 4.65. The minimum Gasteiger partial charge on any atom is -0.391 e. The fraction of sp³-hybridized carbons (Fsp3) is 0.812. The third-order valence-electron chi connectivity index (χ3n) is 4.74. The van der Waals surface area contributed by atoms with E-state index in [4.69, 9.17) is 5.73 Å². The van der Waals surface area contributed by atoms with Crippen LogP contribution in [0.2, 0.25) is 0 Å². The van der Waals surface area contributed by atoms with E-state index in [0.717, 1.165) is 12.8 Å². The summed E-state index contributed by atoms with van der Waals surface area (Å²) in [5.74, 6) is -0.370. The number of rotatable bonds is 5. The molecule has 9 heteroatoms. The number of hydrogen-bond donors (Lipinski definition) is 4. The molecule has 2 fully saturated rings. The molecule has 0 aromatic heterocycles. The molecule has 2 aliphatic rings. The van der Waals surface area contributed by atoms with Crippen LogP contribution in [0.15, 0.2) is 0 Å². The molecule has 0 bridgehead atoms. The molecule has 2 heterocycles. The van der Waals surface area contributed by atoms with Crippen molar-refractivity contribution in [1.29, 1.82) is 0 Å². The van der Waals surface area contributed by atoms with E-state index >= 15 is 0 Å². The number of carbonyl (C=O) groups excluding carboxylic acids is 3. The molecule has 2 rings (SSSR count). The highest BCUT2D eigenvalue weighted by atomic mass is 32.2. The molecule has 1 spiro atoms. The maximum Gasteiger partial charge on any atom is 0.242 e. The lowest BCUT2D eigenvalue weighted by Crippen LogP contribution is -2.58. The predicted molar refractivity (Wildman–Crippen MR) is 95.6 cm³/mol. The van der Waals surface area contributed by atoms with Crippen molar-refractivity contribution in [2.24, 2.45) is 11.7 Å². The number of primary amides is 1. The number of carbonyl (C=O) groups is 3. The molecule has 0 saturated carbocycles. The molecule has 8 nitrogen and oxygen atoms in total. The van der Waals surface area contributed by atoms with Gasteiger partial charge in [-0.25, -0.2) is 0 Å². The Kier molecular flexibility index (Phi) is 6.34. The highest BCUT2D eigenvalue weighted by molar-refractivity contribution is 8.01. The van der Waals surface area contributed by atoms with E-state index in [1.807, 2.05) is 18.7 Å². The summed E-state index contributed by atoms with van der Waals surface area (Å²) >= 11 is 1.68. The lowest BCUT2D eigenvalue weighted by molar-refractivity contribution is -0.136. The molecule has 0 aromatic carbocycles. The number of amides is 3. The van der Waals surface area contributed by atoms with Gasteiger partial charge in [-0.2, -0.15) is 0 Å². The van der Waals surface area contributed by atoms with Crippen molar-refractivity contribution >= 4 is 29.5 Å². The van der Waals surface area contributed by atoms with E-state index in [2.05, 4.69) is 10.6 Å². The van der Waals surface area contributed by atoms with Gasteiger partial charge in [0.2, 0.25) is 17.7 Å². The minimum atomic E-state index is -1.10. The fourth-order valence-electron chi connectivity index (χ4n) is 3.21. The molecule has 3 amide bonds. The van der Waals surface area contributed by atoms with Gasteiger partial charge in [0.15, 0.2) is 0 Å². The van der Waals surface area contributed by atoms with Crippen LogP contribution >= 0.6 is 11.8 Å². The molecule has 0 aliphatic carbocycles. The first-order chi connectivity index (χ1) is 11.6. The van der Waals surface area contributed by atoms with E-state index in [0.29, 0.717) is 18.8 Å². The Hall–Kier alpha value is -1.32. The van der Waals surface area contributed by atoms with Crippen LogP contribution in [0.1, 0.15) is 33.6 Å². The van der Waals surface area contributed by atoms with Crippen LogP contribution in [0, 0.1) is 5.92 Å². The molecule has 2 aliphatic heterocycles. The highest BCUT2D eigenvalue weighted by Crippen LogP contribution is 2.39. The van der Waals surface area contributed by atoms with E-state index in [9.17, 15) is 19.5 Å². The van der Waals surface area contributed by atoms with Gasteiger partial charge in [-0.1, -0.05) is 13.8 Å². The van der Waals surface area contributed by atoms with Crippen molar-refractivity contribution < 1.29 is 19.5 Å². The Balaban J connectivity index is 1.90. The van der Waals surface area contributed by atoms with Crippen LogP contribution in [-0.4, -0.2) is 69.6 Å². The highest BCUT2D eigenvalue weighted by Gasteiger charge is 2.45. The summed E-state index contributed by atoms with van der Waals surface area (Å²) in [6.07, 6.45) is 0.500. The van der Waals surface area contributed by atoms with Crippen molar-refractivity contribution in [3.8, 4) is 0 Å². The van der Waals surface area contributed by atoms with Crippen molar-refractivity contribution in [3.63, 3.8) is 0 Å². The molecule has 5 N–H and O–H groups in total. The molecule has 0 radical (unpaired) electrons. The maximum absolute atomic E-state index is 12.4. The van der Waals surface area contributed by atoms with Gasteiger partial charge in [-0.15, -0.1) is 11.8 Å². The van der Waals surface area contributed by atoms with Crippen molar-refractivity contribution in [2.75, 3.05) is 18.8 Å². The first kappa shape index (κ1) is 20.0. The molecule has 25 heavy (non-hydrogen) atoms. The van der Waals surface area contributed by atoms with Gasteiger partial charge in [0.25, 0.3) is 0 Å². The summed E-state index contributed by atoms with van der Waals surface area (Å²) in [6, 6.07) is -1.54. The van der Waals surface area contributed by atoms with Gasteiger partial charge in [-0.05, 0) is 19.8 Å². The topological polar surface area (TPSA) is 125 Å². The summed E-state index contributed by atoms with van der Waals surface area (Å²) in [4.78, 5) is 37.5. The van der Waals surface area contributed by atoms with Crippen LogP contribution in [0.4, 0.5) is 0 Å². The standard InChI is InChI=1S/C16H28N4O4S/c1-9(2)15(24)20-6-4-16(5-7-20)19-11(8-25-16)14(23)18-12(10(3)21)13(17)22/h9-12,19,21H,4-8H2,1-3H3,(H2,17,22)(H,18,23)/t10-,11+,12+/m1/s1. The quantitative estimate of drug-likeness (QED) is 0.491. The monoisotopic (exact) mass is 372 g/mol. The number of piperidine rings is 1. The summed E-state index contributed by atoms with van der Waals surface area (Å²) in [5.41, 5.74) is 5.21. The van der Waals surface area contributed by atoms with Crippen LogP contribution in [0.3, 0.4) is 0 Å². The number of likely N-dealkylation sites (tertiary alicyclic amines) is 1. The average molecular weight is 372 g/mol. The molecular formula is C16H28N4O4S. The summed E-state index contributed by atoms with van der Waals surface area (Å²) in [6.45, 7) is 6.54. The Morgan fingerprint density at radius 3 is 2.36 bits per heavy atom. The lowest BCUT2D eigenvalue weighted by Gasteiger charge is -2.39. The van der Waals surface area contributed by atoms with Gasteiger partial charge in [-0.3, -0.25) is 19.7 Å². The Labute approximate surface area is 152 Å². The second-order valence-corrected chi connectivity index (χ2v) is 8.51. The number of hydrogen-bond acceptors (Lipinski definition) is 6. The molecule has 3 atom stereocenters. The van der Waals surface area contributed by atoms with E-state index in [1.165, 1.54) is 6.92 Å². The number of aliphatic hydroxyl groups excluding tert-OH is 1. The second kappa shape index (κ2) is 7.92. The molecule has 0 aromatic rings. The summed E-state index contributed by atoms with van der Waals surface area (Å²) in [7, 11) is 0. The van der Waals surface area contributed by atoms with Crippen LogP contribution < -0.4 is 16.4 Å².